The fourth-order valence-electron chi connectivity index (χ4n) is 3.80. The molecule has 3 rings (SSSR count). The Morgan fingerprint density at radius 2 is 1.86 bits per heavy atom. The van der Waals surface area contributed by atoms with E-state index in [-0.39, 0.29) is 18.0 Å². The second kappa shape index (κ2) is 9.89. The van der Waals surface area contributed by atoms with Gasteiger partial charge in [0.25, 0.3) is 5.91 Å². The maximum Gasteiger partial charge on any atom is 0.317 e. The third-order valence-electron chi connectivity index (χ3n) is 5.39. The molecule has 2 saturated heterocycles. The summed E-state index contributed by atoms with van der Waals surface area (Å²) in [6, 6.07) is 7.77. The fraction of sp³-hybridized carbons (Fsp3) is 0.619. The molecule has 154 valence electrons. The summed E-state index contributed by atoms with van der Waals surface area (Å²) in [5, 5.41) is 2.86. The Morgan fingerprint density at radius 1 is 1.07 bits per heavy atom. The van der Waals surface area contributed by atoms with Crippen LogP contribution in [-0.4, -0.2) is 91.7 Å². The van der Waals surface area contributed by atoms with Gasteiger partial charge in [-0.15, -0.1) is 0 Å². The average molecular weight is 389 g/mol. The average Bonchev–Trinajstić information content (AvgIpc) is 2.94. The number of carbonyl (C=O) groups is 2. The zero-order valence-electron chi connectivity index (χ0n) is 17.0. The molecule has 0 saturated carbocycles. The molecule has 2 heterocycles. The van der Waals surface area contributed by atoms with Crippen LogP contribution in [0.25, 0.3) is 0 Å². The van der Waals surface area contributed by atoms with Crippen LogP contribution >= 0.6 is 0 Å². The van der Waals surface area contributed by atoms with Gasteiger partial charge in [-0.05, 0) is 38.9 Å². The predicted octanol–water partition coefficient (Wildman–Crippen LogP) is 1.57. The summed E-state index contributed by atoms with van der Waals surface area (Å²) in [6.45, 7) is 10.5. The Morgan fingerprint density at radius 3 is 2.61 bits per heavy atom. The van der Waals surface area contributed by atoms with Crippen LogP contribution in [-0.2, 0) is 4.74 Å². The summed E-state index contributed by atoms with van der Waals surface area (Å²) in [6.07, 6.45) is 0.973. The first-order chi connectivity index (χ1) is 13.6. The predicted molar refractivity (Wildman–Crippen MR) is 109 cm³/mol. The van der Waals surface area contributed by atoms with Crippen molar-refractivity contribution >= 4 is 11.9 Å². The Kier molecular flexibility index (Phi) is 7.28. The minimum atomic E-state index is -0.0125. The van der Waals surface area contributed by atoms with Crippen LogP contribution in [0.5, 0.6) is 0 Å². The molecule has 1 N–H and O–H groups in total. The van der Waals surface area contributed by atoms with Crippen molar-refractivity contribution in [3.05, 3.63) is 35.4 Å². The molecular weight excluding hydrogens is 356 g/mol. The van der Waals surface area contributed by atoms with E-state index in [1.165, 1.54) is 0 Å². The van der Waals surface area contributed by atoms with E-state index in [9.17, 15) is 9.59 Å². The Balaban J connectivity index is 1.50. The molecule has 0 radical (unpaired) electrons. The van der Waals surface area contributed by atoms with E-state index in [2.05, 4.69) is 10.2 Å². The normalized spacial score (nSPS) is 21.3. The highest BCUT2D eigenvalue weighted by atomic mass is 16.5. The number of ether oxygens (including phenoxy) is 1. The number of amides is 3. The van der Waals surface area contributed by atoms with E-state index < -0.39 is 0 Å². The number of nitrogens with one attached hydrogen (secondary N) is 1. The molecule has 0 aliphatic carbocycles. The van der Waals surface area contributed by atoms with Gasteiger partial charge in [-0.1, -0.05) is 17.7 Å². The molecule has 1 unspecified atom stereocenters. The van der Waals surface area contributed by atoms with Crippen LogP contribution in [0.2, 0.25) is 0 Å². The topological polar surface area (TPSA) is 65.1 Å². The summed E-state index contributed by atoms with van der Waals surface area (Å²) < 4.78 is 5.89. The summed E-state index contributed by atoms with van der Waals surface area (Å²) in [5.41, 5.74) is 1.92. The van der Waals surface area contributed by atoms with Crippen LogP contribution in [0, 0.1) is 6.92 Å². The molecule has 7 nitrogen and oxygen atoms in total. The van der Waals surface area contributed by atoms with Crippen LogP contribution in [0.3, 0.4) is 0 Å². The van der Waals surface area contributed by atoms with E-state index in [1.807, 2.05) is 47.9 Å². The van der Waals surface area contributed by atoms with Crippen molar-refractivity contribution in [3.8, 4) is 0 Å². The maximum atomic E-state index is 12.8. The largest absolute Gasteiger partial charge is 0.373 e. The van der Waals surface area contributed by atoms with Crippen LogP contribution in [0.4, 0.5) is 4.79 Å². The SMILES string of the molecule is CCNC(=O)N1CCOC(CN2CCCN(C(=O)c3ccc(C)cc3)CC2)C1. The Labute approximate surface area is 167 Å². The monoisotopic (exact) mass is 388 g/mol. The molecule has 28 heavy (non-hydrogen) atoms. The van der Waals surface area contributed by atoms with Crippen molar-refractivity contribution in [2.24, 2.45) is 0 Å². The first kappa shape index (κ1) is 20.6. The molecular formula is C21H32N4O3. The van der Waals surface area contributed by atoms with E-state index in [0.717, 1.165) is 50.3 Å². The molecule has 1 atom stereocenters. The van der Waals surface area contributed by atoms with E-state index in [4.69, 9.17) is 4.74 Å². The minimum Gasteiger partial charge on any atom is -0.373 e. The number of aryl methyl sites for hydroxylation is 1. The second-order valence-corrected chi connectivity index (χ2v) is 7.59. The molecule has 3 amide bonds. The lowest BCUT2D eigenvalue weighted by molar-refractivity contribution is -0.0298. The molecule has 2 fully saturated rings. The Bertz CT molecular complexity index is 664. The maximum absolute atomic E-state index is 12.8. The minimum absolute atomic E-state index is 0.0125. The van der Waals surface area contributed by atoms with Gasteiger partial charge < -0.3 is 19.9 Å². The number of benzene rings is 1. The first-order valence-corrected chi connectivity index (χ1v) is 10.3. The molecule has 0 spiro atoms. The van der Waals surface area contributed by atoms with E-state index >= 15 is 0 Å². The van der Waals surface area contributed by atoms with Crippen LogP contribution < -0.4 is 5.32 Å². The molecule has 1 aromatic rings. The first-order valence-electron chi connectivity index (χ1n) is 10.3. The fourth-order valence-corrected chi connectivity index (χ4v) is 3.80. The summed E-state index contributed by atoms with van der Waals surface area (Å²) in [7, 11) is 0. The van der Waals surface area contributed by atoms with E-state index in [1.54, 1.807) is 0 Å². The van der Waals surface area contributed by atoms with Gasteiger partial charge in [0, 0.05) is 51.4 Å². The number of carbonyl (C=O) groups excluding carboxylic acids is 2. The number of hydrogen-bond acceptors (Lipinski definition) is 4. The van der Waals surface area contributed by atoms with Crippen molar-refractivity contribution in [1.82, 2.24) is 20.0 Å². The van der Waals surface area contributed by atoms with Crippen molar-refractivity contribution in [3.63, 3.8) is 0 Å². The standard InChI is InChI=1S/C21H32N4O3/c1-3-22-21(27)25-13-14-28-19(16-25)15-23-9-4-10-24(12-11-23)20(26)18-7-5-17(2)6-8-18/h5-8,19H,3-4,9-16H2,1-2H3,(H,22,27). The second-order valence-electron chi connectivity index (χ2n) is 7.59. The third kappa shape index (κ3) is 5.45. The van der Waals surface area contributed by atoms with Gasteiger partial charge in [0.2, 0.25) is 0 Å². The van der Waals surface area contributed by atoms with Gasteiger partial charge >= 0.3 is 6.03 Å². The van der Waals surface area contributed by atoms with Crippen molar-refractivity contribution in [2.45, 2.75) is 26.4 Å². The van der Waals surface area contributed by atoms with Gasteiger partial charge in [-0.3, -0.25) is 9.69 Å². The highest BCUT2D eigenvalue weighted by molar-refractivity contribution is 5.94. The smallest absolute Gasteiger partial charge is 0.317 e. The zero-order chi connectivity index (χ0) is 19.9. The van der Waals surface area contributed by atoms with Gasteiger partial charge in [0.15, 0.2) is 0 Å². The number of urea groups is 1. The van der Waals surface area contributed by atoms with Crippen molar-refractivity contribution in [2.75, 3.05) is 59.0 Å². The molecule has 2 aliphatic heterocycles. The molecule has 0 aromatic heterocycles. The number of nitrogens with zero attached hydrogens (tertiary/aromatic N) is 3. The van der Waals surface area contributed by atoms with Gasteiger partial charge in [0.05, 0.1) is 12.7 Å². The Hall–Kier alpha value is -2.12. The third-order valence-corrected chi connectivity index (χ3v) is 5.39. The van der Waals surface area contributed by atoms with Crippen molar-refractivity contribution in [1.29, 1.82) is 0 Å². The summed E-state index contributed by atoms with van der Waals surface area (Å²) >= 11 is 0. The molecule has 0 bridgehead atoms. The summed E-state index contributed by atoms with van der Waals surface area (Å²) in [4.78, 5) is 31.0. The quantitative estimate of drug-likeness (QED) is 0.851. The van der Waals surface area contributed by atoms with Gasteiger partial charge in [-0.2, -0.15) is 0 Å². The number of rotatable bonds is 4. The number of morpholine rings is 1. The van der Waals surface area contributed by atoms with Gasteiger partial charge in [-0.25, -0.2) is 4.79 Å². The highest BCUT2D eigenvalue weighted by Crippen LogP contribution is 2.13. The molecule has 7 heteroatoms. The molecule has 1 aromatic carbocycles. The summed E-state index contributed by atoms with van der Waals surface area (Å²) in [5.74, 6) is 0.109. The highest BCUT2D eigenvalue weighted by Gasteiger charge is 2.27. The van der Waals surface area contributed by atoms with E-state index in [0.29, 0.717) is 26.2 Å². The van der Waals surface area contributed by atoms with Crippen LogP contribution in [0.1, 0.15) is 29.3 Å². The lowest BCUT2D eigenvalue weighted by Gasteiger charge is -2.35. The van der Waals surface area contributed by atoms with Crippen molar-refractivity contribution < 1.29 is 14.3 Å². The van der Waals surface area contributed by atoms with Gasteiger partial charge in [0.1, 0.15) is 0 Å². The lowest BCUT2D eigenvalue weighted by atomic mass is 10.1. The van der Waals surface area contributed by atoms with Crippen LogP contribution in [0.15, 0.2) is 24.3 Å². The number of hydrogen-bond donors (Lipinski definition) is 1. The molecule has 2 aliphatic rings. The lowest BCUT2D eigenvalue weighted by Crippen LogP contribution is -2.52. The zero-order valence-corrected chi connectivity index (χ0v) is 17.0.